The third-order valence-corrected chi connectivity index (χ3v) is 2.81. The summed E-state index contributed by atoms with van der Waals surface area (Å²) in [6.07, 6.45) is 2.26. The summed E-state index contributed by atoms with van der Waals surface area (Å²) in [5.74, 6) is 0.473. The largest absolute Gasteiger partial charge is 0.391 e. The first-order valence-electron chi connectivity index (χ1n) is 6.22. The predicted octanol–water partition coefficient (Wildman–Crippen LogP) is 2.34. The van der Waals surface area contributed by atoms with Gasteiger partial charge in [-0.1, -0.05) is 47.5 Å². The molecule has 0 radical (unpaired) electrons. The molecule has 0 spiro atoms. The molecule has 0 rings (SSSR count). The quantitative estimate of drug-likeness (QED) is 0.734. The summed E-state index contributed by atoms with van der Waals surface area (Å²) in [6.45, 7) is 10.4. The van der Waals surface area contributed by atoms with Gasteiger partial charge in [0.25, 0.3) is 0 Å². The second kappa shape index (κ2) is 6.89. The number of hydrogen-bond acceptors (Lipinski definition) is 2. The van der Waals surface area contributed by atoms with Gasteiger partial charge in [-0.15, -0.1) is 0 Å². The van der Waals surface area contributed by atoms with E-state index < -0.39 is 6.10 Å². The molecule has 0 aliphatic carbocycles. The summed E-state index contributed by atoms with van der Waals surface area (Å²) in [5, 5.41) is 12.5. The summed E-state index contributed by atoms with van der Waals surface area (Å²) in [6, 6.07) is 0. The van der Waals surface area contributed by atoms with Crippen LogP contribution in [0.2, 0.25) is 0 Å². The van der Waals surface area contributed by atoms with Gasteiger partial charge < -0.3 is 10.4 Å². The van der Waals surface area contributed by atoms with E-state index >= 15 is 0 Å². The number of nitrogens with one attached hydrogen (secondary N) is 1. The highest BCUT2D eigenvalue weighted by Crippen LogP contribution is 2.18. The minimum atomic E-state index is -0.488. The van der Waals surface area contributed by atoms with Crippen molar-refractivity contribution < 1.29 is 9.90 Å². The minimum Gasteiger partial charge on any atom is -0.391 e. The van der Waals surface area contributed by atoms with Crippen molar-refractivity contribution in [2.24, 2.45) is 11.3 Å². The number of carbonyl (C=O) groups is 1. The molecule has 2 atom stereocenters. The van der Waals surface area contributed by atoms with E-state index in [1.165, 1.54) is 0 Å². The number of carbonyl (C=O) groups excluding carboxylic acids is 1. The van der Waals surface area contributed by atoms with Crippen LogP contribution in [0.25, 0.3) is 0 Å². The highest BCUT2D eigenvalue weighted by molar-refractivity contribution is 5.76. The Morgan fingerprint density at radius 1 is 1.38 bits per heavy atom. The van der Waals surface area contributed by atoms with Crippen molar-refractivity contribution in [2.75, 3.05) is 6.54 Å². The molecule has 0 saturated carbocycles. The first-order chi connectivity index (χ1) is 7.27. The monoisotopic (exact) mass is 229 g/mol. The van der Waals surface area contributed by atoms with Crippen molar-refractivity contribution in [2.45, 2.75) is 60.0 Å². The molecular formula is C13H27NO2. The van der Waals surface area contributed by atoms with E-state index in [0.29, 0.717) is 18.9 Å². The molecule has 0 aromatic rings. The fraction of sp³-hybridized carbons (Fsp3) is 0.923. The Labute approximate surface area is 99.6 Å². The molecule has 0 fully saturated rings. The Morgan fingerprint density at radius 3 is 2.38 bits per heavy atom. The molecule has 3 nitrogen and oxygen atoms in total. The highest BCUT2D eigenvalue weighted by atomic mass is 16.3. The van der Waals surface area contributed by atoms with Crippen LogP contribution < -0.4 is 5.32 Å². The fourth-order valence-electron chi connectivity index (χ4n) is 1.50. The third-order valence-electron chi connectivity index (χ3n) is 2.81. The average molecular weight is 229 g/mol. The van der Waals surface area contributed by atoms with E-state index in [4.69, 9.17) is 0 Å². The lowest BCUT2D eigenvalue weighted by molar-refractivity contribution is -0.122. The zero-order valence-electron chi connectivity index (χ0n) is 11.3. The molecule has 0 bridgehead atoms. The fourth-order valence-corrected chi connectivity index (χ4v) is 1.50. The lowest BCUT2D eigenvalue weighted by Crippen LogP contribution is -2.39. The van der Waals surface area contributed by atoms with E-state index in [9.17, 15) is 9.90 Å². The maximum atomic E-state index is 11.5. The number of hydrogen-bond donors (Lipinski definition) is 2. The molecular weight excluding hydrogens is 202 g/mol. The number of rotatable bonds is 6. The standard InChI is InChI=1S/C13H27NO2/c1-6-7-10(2)8-12(16)14-9-11(15)13(3,4)5/h10-11,15H,6-9H2,1-5H3,(H,14,16). The molecule has 0 aliphatic rings. The molecule has 0 aliphatic heterocycles. The molecule has 0 heterocycles. The van der Waals surface area contributed by atoms with Gasteiger partial charge in [0.2, 0.25) is 5.91 Å². The average Bonchev–Trinajstić information content (AvgIpc) is 2.12. The molecule has 0 aromatic carbocycles. The van der Waals surface area contributed by atoms with Gasteiger partial charge in [0.05, 0.1) is 6.10 Å². The van der Waals surface area contributed by atoms with Crippen LogP contribution in [0.4, 0.5) is 0 Å². The number of aliphatic hydroxyl groups is 1. The number of amides is 1. The Bertz CT molecular complexity index is 208. The Balaban J connectivity index is 3.82. The van der Waals surface area contributed by atoms with Crippen LogP contribution in [-0.2, 0) is 4.79 Å². The highest BCUT2D eigenvalue weighted by Gasteiger charge is 2.22. The van der Waals surface area contributed by atoms with Crippen LogP contribution >= 0.6 is 0 Å². The van der Waals surface area contributed by atoms with Crippen molar-refractivity contribution in [3.8, 4) is 0 Å². The lowest BCUT2D eigenvalue weighted by Gasteiger charge is -2.26. The Morgan fingerprint density at radius 2 is 1.94 bits per heavy atom. The second-order valence-electron chi connectivity index (χ2n) is 5.78. The topological polar surface area (TPSA) is 49.3 Å². The van der Waals surface area contributed by atoms with Crippen molar-refractivity contribution in [1.29, 1.82) is 0 Å². The van der Waals surface area contributed by atoms with Crippen LogP contribution in [0.1, 0.15) is 53.9 Å². The smallest absolute Gasteiger partial charge is 0.220 e. The minimum absolute atomic E-state index is 0.0456. The van der Waals surface area contributed by atoms with Gasteiger partial charge in [-0.2, -0.15) is 0 Å². The van der Waals surface area contributed by atoms with Crippen LogP contribution in [0.3, 0.4) is 0 Å². The number of aliphatic hydroxyl groups excluding tert-OH is 1. The summed E-state index contributed by atoms with van der Waals surface area (Å²) in [7, 11) is 0. The predicted molar refractivity (Wildman–Crippen MR) is 67.2 cm³/mol. The zero-order valence-corrected chi connectivity index (χ0v) is 11.3. The molecule has 16 heavy (non-hydrogen) atoms. The van der Waals surface area contributed by atoms with Crippen molar-refractivity contribution in [3.05, 3.63) is 0 Å². The summed E-state index contributed by atoms with van der Waals surface area (Å²) >= 11 is 0. The normalized spacial score (nSPS) is 15.6. The van der Waals surface area contributed by atoms with Crippen molar-refractivity contribution in [3.63, 3.8) is 0 Å². The van der Waals surface area contributed by atoms with Gasteiger partial charge >= 0.3 is 0 Å². The molecule has 0 saturated heterocycles. The maximum Gasteiger partial charge on any atom is 0.220 e. The van der Waals surface area contributed by atoms with Crippen molar-refractivity contribution in [1.82, 2.24) is 5.32 Å². The summed E-state index contributed by atoms with van der Waals surface area (Å²) in [5.41, 5.74) is -0.178. The van der Waals surface area contributed by atoms with E-state index in [2.05, 4.69) is 19.2 Å². The first kappa shape index (κ1) is 15.4. The molecule has 96 valence electrons. The zero-order chi connectivity index (χ0) is 12.8. The van der Waals surface area contributed by atoms with Gasteiger partial charge in [0.1, 0.15) is 0 Å². The second-order valence-corrected chi connectivity index (χ2v) is 5.78. The van der Waals surface area contributed by atoms with E-state index in [1.54, 1.807) is 0 Å². The van der Waals surface area contributed by atoms with Crippen LogP contribution in [-0.4, -0.2) is 23.7 Å². The van der Waals surface area contributed by atoms with Crippen LogP contribution in [0.5, 0.6) is 0 Å². The van der Waals surface area contributed by atoms with Gasteiger partial charge in [0, 0.05) is 13.0 Å². The summed E-state index contributed by atoms with van der Waals surface area (Å²) in [4.78, 5) is 11.5. The maximum absolute atomic E-state index is 11.5. The Kier molecular flexibility index (Phi) is 6.65. The van der Waals surface area contributed by atoms with E-state index in [-0.39, 0.29) is 11.3 Å². The third kappa shape index (κ3) is 6.83. The molecule has 1 amide bonds. The van der Waals surface area contributed by atoms with Gasteiger partial charge in [-0.25, -0.2) is 0 Å². The van der Waals surface area contributed by atoms with Gasteiger partial charge in [0.15, 0.2) is 0 Å². The molecule has 3 heteroatoms. The van der Waals surface area contributed by atoms with Crippen LogP contribution in [0.15, 0.2) is 0 Å². The lowest BCUT2D eigenvalue weighted by atomic mass is 9.89. The van der Waals surface area contributed by atoms with Crippen LogP contribution in [0, 0.1) is 11.3 Å². The van der Waals surface area contributed by atoms with Gasteiger partial charge in [-0.05, 0) is 11.3 Å². The molecule has 0 aromatic heterocycles. The van der Waals surface area contributed by atoms with E-state index in [0.717, 1.165) is 12.8 Å². The molecule has 2 unspecified atom stereocenters. The first-order valence-corrected chi connectivity index (χ1v) is 6.22. The summed E-state index contributed by atoms with van der Waals surface area (Å²) < 4.78 is 0. The SMILES string of the molecule is CCCC(C)CC(=O)NCC(O)C(C)(C)C. The van der Waals surface area contributed by atoms with Crippen molar-refractivity contribution >= 4 is 5.91 Å². The Hall–Kier alpha value is -0.570. The van der Waals surface area contributed by atoms with E-state index in [1.807, 2.05) is 20.8 Å². The van der Waals surface area contributed by atoms with Gasteiger partial charge in [-0.3, -0.25) is 4.79 Å². The molecule has 2 N–H and O–H groups in total.